The molecule has 0 spiro atoms. The maximum Gasteiger partial charge on any atom is 0.129 e. The van der Waals surface area contributed by atoms with Crippen molar-refractivity contribution in [2.75, 3.05) is 20.3 Å². The van der Waals surface area contributed by atoms with Crippen LogP contribution in [-0.2, 0) is 16.1 Å². The van der Waals surface area contributed by atoms with Gasteiger partial charge in [0.2, 0.25) is 0 Å². The summed E-state index contributed by atoms with van der Waals surface area (Å²) in [6.45, 7) is 2.09. The van der Waals surface area contributed by atoms with Crippen LogP contribution in [0.25, 0.3) is 0 Å². The molecule has 1 aromatic heterocycles. The molecule has 90 valence electrons. The molecule has 0 bridgehead atoms. The fourth-order valence-electron chi connectivity index (χ4n) is 2.07. The fraction of sp³-hybridized carbons (Fsp3) is 0.667. The van der Waals surface area contributed by atoms with Crippen molar-refractivity contribution in [1.29, 1.82) is 0 Å². The molecule has 4 heteroatoms. The summed E-state index contributed by atoms with van der Waals surface area (Å²) in [6.07, 6.45) is 2.20. The van der Waals surface area contributed by atoms with Crippen molar-refractivity contribution >= 4 is 0 Å². The van der Waals surface area contributed by atoms with Crippen LogP contribution in [0.3, 0.4) is 0 Å². The second-order valence-corrected chi connectivity index (χ2v) is 4.24. The third kappa shape index (κ3) is 2.64. The van der Waals surface area contributed by atoms with Crippen LogP contribution < -0.4 is 5.73 Å². The van der Waals surface area contributed by atoms with Crippen LogP contribution >= 0.6 is 0 Å². The van der Waals surface area contributed by atoms with Crippen LogP contribution in [0, 0.1) is 5.92 Å². The van der Waals surface area contributed by atoms with E-state index < -0.39 is 0 Å². The number of furan rings is 1. The molecule has 16 heavy (non-hydrogen) atoms. The van der Waals surface area contributed by atoms with Crippen LogP contribution in [0.15, 0.2) is 16.5 Å². The first-order chi connectivity index (χ1) is 7.81. The van der Waals surface area contributed by atoms with Gasteiger partial charge in [-0.1, -0.05) is 0 Å². The summed E-state index contributed by atoms with van der Waals surface area (Å²) < 4.78 is 16.1. The summed E-state index contributed by atoms with van der Waals surface area (Å²) in [5.41, 5.74) is 6.16. The normalized spacial score (nSPS) is 23.2. The smallest absolute Gasteiger partial charge is 0.129 e. The number of methoxy groups -OCH3 is 1. The van der Waals surface area contributed by atoms with Crippen molar-refractivity contribution in [1.82, 2.24) is 0 Å². The van der Waals surface area contributed by atoms with Crippen molar-refractivity contribution in [2.24, 2.45) is 11.7 Å². The van der Waals surface area contributed by atoms with Gasteiger partial charge in [0.1, 0.15) is 18.1 Å². The third-order valence-corrected chi connectivity index (χ3v) is 3.00. The van der Waals surface area contributed by atoms with E-state index in [4.69, 9.17) is 19.6 Å². The van der Waals surface area contributed by atoms with E-state index in [1.165, 1.54) is 0 Å². The van der Waals surface area contributed by atoms with E-state index in [1.54, 1.807) is 7.11 Å². The summed E-state index contributed by atoms with van der Waals surface area (Å²) in [4.78, 5) is 0. The summed E-state index contributed by atoms with van der Waals surface area (Å²) >= 11 is 0. The first kappa shape index (κ1) is 11.6. The Morgan fingerprint density at radius 3 is 3.12 bits per heavy atom. The maximum atomic E-state index is 6.16. The molecule has 2 rings (SSSR count). The lowest BCUT2D eigenvalue weighted by Crippen LogP contribution is -2.28. The molecular weight excluding hydrogens is 206 g/mol. The molecule has 1 aliphatic rings. The largest absolute Gasteiger partial charge is 0.462 e. The van der Waals surface area contributed by atoms with Gasteiger partial charge in [0.05, 0.1) is 12.6 Å². The van der Waals surface area contributed by atoms with Crippen molar-refractivity contribution < 1.29 is 13.9 Å². The second-order valence-electron chi connectivity index (χ2n) is 4.24. The summed E-state index contributed by atoms with van der Waals surface area (Å²) in [5, 5.41) is 0. The monoisotopic (exact) mass is 225 g/mol. The standard InChI is InChI=1S/C12H19NO3/c1-14-8-10-4-5-11(16-10)12(13)9-3-2-6-15-7-9/h4-5,9,12H,2-3,6-8,13H2,1H3. The molecule has 2 atom stereocenters. The molecule has 4 nitrogen and oxygen atoms in total. The van der Waals surface area contributed by atoms with Crippen LogP contribution in [0.4, 0.5) is 0 Å². The maximum absolute atomic E-state index is 6.16. The number of ether oxygens (including phenoxy) is 2. The zero-order chi connectivity index (χ0) is 11.4. The van der Waals surface area contributed by atoms with E-state index in [0.717, 1.165) is 37.6 Å². The number of rotatable bonds is 4. The third-order valence-electron chi connectivity index (χ3n) is 3.00. The van der Waals surface area contributed by atoms with Gasteiger partial charge in [0.25, 0.3) is 0 Å². The Hall–Kier alpha value is -0.840. The average molecular weight is 225 g/mol. The predicted octanol–water partition coefficient (Wildman–Crippen LogP) is 1.85. The molecule has 0 saturated carbocycles. The minimum Gasteiger partial charge on any atom is -0.462 e. The predicted molar refractivity (Wildman–Crippen MR) is 59.9 cm³/mol. The highest BCUT2D eigenvalue weighted by atomic mass is 16.5. The Morgan fingerprint density at radius 1 is 1.56 bits per heavy atom. The topological polar surface area (TPSA) is 57.6 Å². The SMILES string of the molecule is COCc1ccc(C(N)C2CCCOC2)o1. The lowest BCUT2D eigenvalue weighted by molar-refractivity contribution is 0.0413. The van der Waals surface area contributed by atoms with E-state index in [1.807, 2.05) is 12.1 Å². The average Bonchev–Trinajstić information content (AvgIpc) is 2.78. The Balaban J connectivity index is 1.98. The van der Waals surface area contributed by atoms with Gasteiger partial charge in [-0.15, -0.1) is 0 Å². The lowest BCUT2D eigenvalue weighted by Gasteiger charge is -2.26. The van der Waals surface area contributed by atoms with Crippen LogP contribution in [0.2, 0.25) is 0 Å². The van der Waals surface area contributed by atoms with Gasteiger partial charge in [0.15, 0.2) is 0 Å². The van der Waals surface area contributed by atoms with Crippen molar-refractivity contribution in [3.05, 3.63) is 23.7 Å². The zero-order valence-electron chi connectivity index (χ0n) is 9.65. The minimum atomic E-state index is -0.0640. The molecule has 0 aliphatic carbocycles. The molecule has 0 radical (unpaired) electrons. The highest BCUT2D eigenvalue weighted by molar-refractivity contribution is 5.11. The summed E-state index contributed by atoms with van der Waals surface area (Å²) in [6, 6.07) is 3.79. The highest BCUT2D eigenvalue weighted by Crippen LogP contribution is 2.28. The first-order valence-corrected chi connectivity index (χ1v) is 5.72. The molecule has 1 fully saturated rings. The number of hydrogen-bond acceptors (Lipinski definition) is 4. The van der Waals surface area contributed by atoms with Crippen molar-refractivity contribution in [3.63, 3.8) is 0 Å². The van der Waals surface area contributed by atoms with Gasteiger partial charge in [-0.3, -0.25) is 0 Å². The lowest BCUT2D eigenvalue weighted by atomic mass is 9.93. The van der Waals surface area contributed by atoms with Crippen molar-refractivity contribution in [2.45, 2.75) is 25.5 Å². The Labute approximate surface area is 95.7 Å². The molecule has 1 aromatic rings. The molecule has 2 heterocycles. The van der Waals surface area contributed by atoms with Gasteiger partial charge in [-0.25, -0.2) is 0 Å². The Morgan fingerprint density at radius 2 is 2.44 bits per heavy atom. The van der Waals surface area contributed by atoms with E-state index in [-0.39, 0.29) is 6.04 Å². The molecule has 1 aliphatic heterocycles. The second kappa shape index (κ2) is 5.48. The van der Waals surface area contributed by atoms with Gasteiger partial charge < -0.3 is 19.6 Å². The molecule has 0 aromatic carbocycles. The van der Waals surface area contributed by atoms with Gasteiger partial charge in [-0.2, -0.15) is 0 Å². The molecule has 2 unspecified atom stereocenters. The summed E-state index contributed by atoms with van der Waals surface area (Å²) in [7, 11) is 1.65. The fourth-order valence-corrected chi connectivity index (χ4v) is 2.07. The molecule has 1 saturated heterocycles. The van der Waals surface area contributed by atoms with E-state index in [0.29, 0.717) is 12.5 Å². The zero-order valence-corrected chi connectivity index (χ0v) is 9.65. The van der Waals surface area contributed by atoms with Crippen LogP contribution in [0.1, 0.15) is 30.4 Å². The van der Waals surface area contributed by atoms with E-state index >= 15 is 0 Å². The Kier molecular flexibility index (Phi) is 3.98. The van der Waals surface area contributed by atoms with E-state index in [2.05, 4.69) is 0 Å². The summed E-state index contributed by atoms with van der Waals surface area (Å²) in [5.74, 6) is 2.03. The van der Waals surface area contributed by atoms with Crippen LogP contribution in [-0.4, -0.2) is 20.3 Å². The molecule has 2 N–H and O–H groups in total. The van der Waals surface area contributed by atoms with Crippen molar-refractivity contribution in [3.8, 4) is 0 Å². The quantitative estimate of drug-likeness (QED) is 0.849. The highest BCUT2D eigenvalue weighted by Gasteiger charge is 2.24. The Bertz CT molecular complexity index is 318. The van der Waals surface area contributed by atoms with Gasteiger partial charge in [0, 0.05) is 19.6 Å². The molecular formula is C12H19NO3. The van der Waals surface area contributed by atoms with E-state index in [9.17, 15) is 0 Å². The van der Waals surface area contributed by atoms with Crippen LogP contribution in [0.5, 0.6) is 0 Å². The first-order valence-electron chi connectivity index (χ1n) is 5.72. The number of nitrogens with two attached hydrogens (primary N) is 1. The van der Waals surface area contributed by atoms with Gasteiger partial charge in [-0.05, 0) is 25.0 Å². The molecule has 0 amide bonds. The van der Waals surface area contributed by atoms with Gasteiger partial charge >= 0.3 is 0 Å². The number of hydrogen-bond donors (Lipinski definition) is 1. The minimum absolute atomic E-state index is 0.0640.